The quantitative estimate of drug-likeness (QED) is 0.657. The summed E-state index contributed by atoms with van der Waals surface area (Å²) in [5.41, 5.74) is 2.15. The molecule has 1 heterocycles. The fourth-order valence-electron chi connectivity index (χ4n) is 2.38. The van der Waals surface area contributed by atoms with E-state index in [0.717, 1.165) is 11.4 Å². The fraction of sp³-hybridized carbons (Fsp3) is 0. The molecule has 0 saturated heterocycles. The molecule has 0 unspecified atom stereocenters. The van der Waals surface area contributed by atoms with E-state index in [1.165, 1.54) is 30.3 Å². The highest BCUT2D eigenvalue weighted by atomic mass is 35.5. The molecule has 1 aromatic heterocycles. The van der Waals surface area contributed by atoms with Crippen molar-refractivity contribution >= 4 is 35.4 Å². The van der Waals surface area contributed by atoms with Gasteiger partial charge >= 0.3 is 11.9 Å². The van der Waals surface area contributed by atoms with Crippen molar-refractivity contribution in [1.29, 1.82) is 0 Å². The second kappa shape index (κ2) is 7.25. The first-order chi connectivity index (χ1) is 12.5. The van der Waals surface area contributed by atoms with Gasteiger partial charge < -0.3 is 14.8 Å². The van der Waals surface area contributed by atoms with Gasteiger partial charge in [-0.05, 0) is 54.6 Å². The Bertz CT molecular complexity index is 1010. The van der Waals surface area contributed by atoms with Gasteiger partial charge in [0, 0.05) is 11.9 Å². The number of hydrogen-bond acceptors (Lipinski definition) is 3. The van der Waals surface area contributed by atoms with E-state index in [-0.39, 0.29) is 11.1 Å². The van der Waals surface area contributed by atoms with E-state index in [2.05, 4.69) is 4.99 Å². The summed E-state index contributed by atoms with van der Waals surface area (Å²) in [6, 6.07) is 14.4. The summed E-state index contributed by atoms with van der Waals surface area (Å²) in [6.45, 7) is 0. The molecule has 0 bridgehead atoms. The lowest BCUT2D eigenvalue weighted by atomic mass is 10.2. The zero-order valence-corrected chi connectivity index (χ0v) is 14.1. The zero-order valence-electron chi connectivity index (χ0n) is 13.3. The van der Waals surface area contributed by atoms with Gasteiger partial charge in [0.2, 0.25) is 0 Å². The fourth-order valence-corrected chi connectivity index (χ4v) is 2.55. The molecule has 26 heavy (non-hydrogen) atoms. The summed E-state index contributed by atoms with van der Waals surface area (Å²) in [6.07, 6.45) is 3.38. The minimum atomic E-state index is -1.06. The van der Waals surface area contributed by atoms with Gasteiger partial charge in [-0.25, -0.2) is 9.59 Å². The predicted molar refractivity (Wildman–Crippen MR) is 98.4 cm³/mol. The van der Waals surface area contributed by atoms with Crippen LogP contribution in [0.2, 0.25) is 5.02 Å². The number of aromatic nitrogens is 1. The predicted octanol–water partition coefficient (Wildman–Crippen LogP) is 4.28. The van der Waals surface area contributed by atoms with Crippen molar-refractivity contribution in [2.45, 2.75) is 0 Å². The molecule has 3 rings (SSSR count). The lowest BCUT2D eigenvalue weighted by Crippen LogP contribution is -2.00. The molecule has 0 saturated carbocycles. The molecule has 0 fully saturated rings. The lowest BCUT2D eigenvalue weighted by molar-refractivity contribution is 0.0686. The van der Waals surface area contributed by atoms with Crippen LogP contribution in [0, 0.1) is 0 Å². The number of carboxylic acid groups (broad SMARTS) is 2. The molecular formula is C19H13ClN2O4. The molecular weight excluding hydrogens is 356 g/mol. The molecule has 0 aliphatic carbocycles. The first-order valence-corrected chi connectivity index (χ1v) is 7.91. The molecule has 2 aromatic carbocycles. The smallest absolute Gasteiger partial charge is 0.335 e. The van der Waals surface area contributed by atoms with Gasteiger partial charge in [-0.15, -0.1) is 0 Å². The third-order valence-corrected chi connectivity index (χ3v) is 4.02. The van der Waals surface area contributed by atoms with Crippen LogP contribution in [0.1, 0.15) is 26.4 Å². The molecule has 3 aromatic rings. The van der Waals surface area contributed by atoms with E-state index in [1.807, 2.05) is 22.9 Å². The number of nitrogens with zero attached hydrogens (tertiary/aromatic N) is 2. The normalized spacial score (nSPS) is 11.0. The van der Waals surface area contributed by atoms with Gasteiger partial charge in [-0.2, -0.15) is 0 Å². The average Bonchev–Trinajstić information content (AvgIpc) is 3.09. The first-order valence-electron chi connectivity index (χ1n) is 7.54. The second-order valence-electron chi connectivity index (χ2n) is 5.38. The molecule has 6 nitrogen and oxygen atoms in total. The van der Waals surface area contributed by atoms with Gasteiger partial charge in [0.05, 0.1) is 33.7 Å². The van der Waals surface area contributed by atoms with Crippen LogP contribution < -0.4 is 0 Å². The first kappa shape index (κ1) is 17.4. The monoisotopic (exact) mass is 368 g/mol. The van der Waals surface area contributed by atoms with Crippen LogP contribution in [0.3, 0.4) is 0 Å². The molecule has 0 aliphatic rings. The number of carbonyl (C=O) groups is 2. The minimum absolute atomic E-state index is 0.0983. The second-order valence-corrected chi connectivity index (χ2v) is 5.79. The highest BCUT2D eigenvalue weighted by Crippen LogP contribution is 2.26. The summed E-state index contributed by atoms with van der Waals surface area (Å²) in [5, 5.41) is 18.4. The van der Waals surface area contributed by atoms with Gasteiger partial charge in [0.25, 0.3) is 0 Å². The van der Waals surface area contributed by atoms with Crippen molar-refractivity contribution in [3.05, 3.63) is 82.6 Å². The van der Waals surface area contributed by atoms with Crippen molar-refractivity contribution in [3.8, 4) is 5.69 Å². The maximum atomic E-state index is 11.1. The summed E-state index contributed by atoms with van der Waals surface area (Å²) in [5.74, 6) is -2.04. The molecule has 0 atom stereocenters. The van der Waals surface area contributed by atoms with Crippen LogP contribution in [-0.4, -0.2) is 32.9 Å². The van der Waals surface area contributed by atoms with E-state index in [0.29, 0.717) is 10.7 Å². The Kier molecular flexibility index (Phi) is 4.86. The third-order valence-electron chi connectivity index (χ3n) is 3.70. The van der Waals surface area contributed by atoms with Crippen LogP contribution in [-0.2, 0) is 0 Å². The number of halogens is 1. The third kappa shape index (κ3) is 3.65. The minimum Gasteiger partial charge on any atom is -0.478 e. The summed E-state index contributed by atoms with van der Waals surface area (Å²) < 4.78 is 1.82. The molecule has 7 heteroatoms. The standard InChI is InChI=1S/C19H13ClN2O4/c20-16-8-5-13(19(25)26)10-17(16)21-11-15-2-1-9-22(15)14-6-3-12(4-7-14)18(23)24/h1-11H,(H,23,24)(H,25,26). The summed E-state index contributed by atoms with van der Waals surface area (Å²) >= 11 is 6.08. The molecule has 0 amide bonds. The van der Waals surface area contributed by atoms with Gasteiger partial charge in [0.1, 0.15) is 0 Å². The van der Waals surface area contributed by atoms with E-state index in [1.54, 1.807) is 18.3 Å². The van der Waals surface area contributed by atoms with Crippen LogP contribution >= 0.6 is 11.6 Å². The van der Waals surface area contributed by atoms with Gasteiger partial charge in [-0.3, -0.25) is 4.99 Å². The summed E-state index contributed by atoms with van der Waals surface area (Å²) in [7, 11) is 0. The van der Waals surface area contributed by atoms with E-state index >= 15 is 0 Å². The van der Waals surface area contributed by atoms with E-state index in [9.17, 15) is 9.59 Å². The van der Waals surface area contributed by atoms with Crippen LogP contribution in [0.25, 0.3) is 5.69 Å². The number of carboxylic acids is 2. The van der Waals surface area contributed by atoms with Crippen LogP contribution in [0.5, 0.6) is 0 Å². The maximum Gasteiger partial charge on any atom is 0.335 e. The van der Waals surface area contributed by atoms with E-state index in [4.69, 9.17) is 21.8 Å². The summed E-state index contributed by atoms with van der Waals surface area (Å²) in [4.78, 5) is 26.3. The Balaban J connectivity index is 1.92. The SMILES string of the molecule is O=C(O)c1ccc(-n2cccc2C=Nc2cc(C(=O)O)ccc2Cl)cc1. The number of benzene rings is 2. The van der Waals surface area contributed by atoms with Crippen molar-refractivity contribution in [2.75, 3.05) is 0 Å². The van der Waals surface area contributed by atoms with E-state index < -0.39 is 11.9 Å². The number of aliphatic imine (C=N–C) groups is 1. The number of rotatable bonds is 5. The van der Waals surface area contributed by atoms with Gasteiger partial charge in [0.15, 0.2) is 0 Å². The Morgan fingerprint density at radius 1 is 0.962 bits per heavy atom. The van der Waals surface area contributed by atoms with Crippen molar-refractivity contribution in [3.63, 3.8) is 0 Å². The highest BCUT2D eigenvalue weighted by Gasteiger charge is 2.08. The largest absolute Gasteiger partial charge is 0.478 e. The van der Waals surface area contributed by atoms with Crippen molar-refractivity contribution in [2.24, 2.45) is 4.99 Å². The zero-order chi connectivity index (χ0) is 18.7. The number of hydrogen-bond donors (Lipinski definition) is 2. The Morgan fingerprint density at radius 3 is 2.27 bits per heavy atom. The Morgan fingerprint density at radius 2 is 1.62 bits per heavy atom. The maximum absolute atomic E-state index is 11.1. The Labute approximate surface area is 153 Å². The average molecular weight is 369 g/mol. The molecule has 2 N–H and O–H groups in total. The number of aromatic carboxylic acids is 2. The Hall–Kier alpha value is -3.38. The topological polar surface area (TPSA) is 91.9 Å². The molecule has 0 spiro atoms. The van der Waals surface area contributed by atoms with Crippen LogP contribution in [0.15, 0.2) is 65.8 Å². The van der Waals surface area contributed by atoms with Gasteiger partial charge in [-0.1, -0.05) is 11.6 Å². The van der Waals surface area contributed by atoms with Crippen molar-refractivity contribution in [1.82, 2.24) is 4.57 Å². The highest BCUT2D eigenvalue weighted by molar-refractivity contribution is 6.33. The van der Waals surface area contributed by atoms with Crippen molar-refractivity contribution < 1.29 is 19.8 Å². The molecule has 130 valence electrons. The molecule has 0 aliphatic heterocycles. The lowest BCUT2D eigenvalue weighted by Gasteiger charge is -2.07. The van der Waals surface area contributed by atoms with Crippen LogP contribution in [0.4, 0.5) is 5.69 Å². The molecule has 0 radical (unpaired) electrons.